The summed E-state index contributed by atoms with van der Waals surface area (Å²) in [6.07, 6.45) is 2.98. The predicted octanol–water partition coefficient (Wildman–Crippen LogP) is 4.24. The number of hydrogen-bond donors (Lipinski definition) is 0. The first-order chi connectivity index (χ1) is 9.67. The van der Waals surface area contributed by atoms with Crippen molar-refractivity contribution in [2.24, 2.45) is 0 Å². The number of rotatable bonds is 6. The number of ether oxygens (including phenoxy) is 1. The van der Waals surface area contributed by atoms with Crippen LogP contribution in [0.3, 0.4) is 0 Å². The van der Waals surface area contributed by atoms with Gasteiger partial charge in [0, 0.05) is 29.5 Å². The first-order valence-electron chi connectivity index (χ1n) is 6.92. The van der Waals surface area contributed by atoms with Crippen LogP contribution in [0.15, 0.2) is 30.5 Å². The zero-order chi connectivity index (χ0) is 14.5. The molecule has 0 atom stereocenters. The molecular formula is C16H21BrN2O. The lowest BCUT2D eigenvalue weighted by atomic mass is 10.1. The molecule has 1 heterocycles. The molecule has 0 saturated heterocycles. The molecule has 3 nitrogen and oxygen atoms in total. The highest BCUT2D eigenvalue weighted by molar-refractivity contribution is 9.09. The van der Waals surface area contributed by atoms with E-state index in [1.54, 1.807) is 7.11 Å². The Bertz CT molecular complexity index is 571. The van der Waals surface area contributed by atoms with Gasteiger partial charge in [-0.2, -0.15) is 0 Å². The van der Waals surface area contributed by atoms with Gasteiger partial charge in [0.15, 0.2) is 0 Å². The Morgan fingerprint density at radius 1 is 1.30 bits per heavy atom. The van der Waals surface area contributed by atoms with E-state index < -0.39 is 0 Å². The largest absolute Gasteiger partial charge is 0.497 e. The predicted molar refractivity (Wildman–Crippen MR) is 89.2 cm³/mol. The van der Waals surface area contributed by atoms with Crippen LogP contribution >= 0.6 is 15.9 Å². The number of pyridine rings is 1. The van der Waals surface area contributed by atoms with Crippen LogP contribution in [-0.2, 0) is 0 Å². The second kappa shape index (κ2) is 6.93. The third kappa shape index (κ3) is 3.23. The summed E-state index contributed by atoms with van der Waals surface area (Å²) in [4.78, 5) is 6.96. The summed E-state index contributed by atoms with van der Waals surface area (Å²) in [6.45, 7) is 5.41. The summed E-state index contributed by atoms with van der Waals surface area (Å²) in [5.74, 6) is 1.94. The average molecular weight is 337 g/mol. The number of nitrogens with zero attached hydrogens (tertiary/aromatic N) is 2. The van der Waals surface area contributed by atoms with Crippen LogP contribution in [0.1, 0.15) is 20.3 Å². The number of anilines is 1. The summed E-state index contributed by atoms with van der Waals surface area (Å²) in [5.41, 5.74) is 0. The lowest BCUT2D eigenvalue weighted by Gasteiger charge is -2.28. The van der Waals surface area contributed by atoms with E-state index in [1.807, 2.05) is 18.3 Å². The van der Waals surface area contributed by atoms with Crippen LogP contribution in [0.25, 0.3) is 10.8 Å². The Morgan fingerprint density at radius 3 is 2.75 bits per heavy atom. The van der Waals surface area contributed by atoms with Gasteiger partial charge in [0.05, 0.1) is 7.11 Å². The number of hydrogen-bond acceptors (Lipinski definition) is 3. The van der Waals surface area contributed by atoms with Gasteiger partial charge in [0.2, 0.25) is 0 Å². The van der Waals surface area contributed by atoms with Gasteiger partial charge < -0.3 is 9.64 Å². The molecule has 0 saturated carbocycles. The number of halogens is 1. The van der Waals surface area contributed by atoms with Gasteiger partial charge in [0.25, 0.3) is 0 Å². The molecule has 0 radical (unpaired) electrons. The number of alkyl halides is 1. The zero-order valence-electron chi connectivity index (χ0n) is 12.3. The molecular weight excluding hydrogens is 316 g/mol. The van der Waals surface area contributed by atoms with Crippen LogP contribution in [0, 0.1) is 0 Å². The second-order valence-electron chi connectivity index (χ2n) is 5.05. The monoisotopic (exact) mass is 336 g/mol. The van der Waals surface area contributed by atoms with E-state index in [0.717, 1.165) is 29.9 Å². The molecule has 20 heavy (non-hydrogen) atoms. The normalized spacial score (nSPS) is 11.1. The van der Waals surface area contributed by atoms with Gasteiger partial charge in [-0.1, -0.05) is 15.9 Å². The van der Waals surface area contributed by atoms with Crippen molar-refractivity contribution in [1.82, 2.24) is 4.98 Å². The summed E-state index contributed by atoms with van der Waals surface area (Å²) in [6, 6.07) is 8.61. The van der Waals surface area contributed by atoms with Crippen LogP contribution in [-0.4, -0.2) is 30.0 Å². The van der Waals surface area contributed by atoms with Crippen molar-refractivity contribution in [1.29, 1.82) is 0 Å². The van der Waals surface area contributed by atoms with Crippen LogP contribution in [0.4, 0.5) is 5.82 Å². The zero-order valence-corrected chi connectivity index (χ0v) is 13.9. The SMILES string of the molecule is COc1ccc2c(N(CCCBr)C(C)C)nccc2c1. The molecule has 0 N–H and O–H groups in total. The quantitative estimate of drug-likeness (QED) is 0.737. The molecule has 0 bridgehead atoms. The topological polar surface area (TPSA) is 25.4 Å². The molecule has 0 fully saturated rings. The summed E-state index contributed by atoms with van der Waals surface area (Å²) < 4.78 is 5.29. The van der Waals surface area contributed by atoms with Crippen molar-refractivity contribution in [3.8, 4) is 5.75 Å². The Labute approximate surface area is 129 Å². The highest BCUT2D eigenvalue weighted by atomic mass is 79.9. The summed E-state index contributed by atoms with van der Waals surface area (Å²) in [7, 11) is 1.69. The molecule has 0 spiro atoms. The number of aromatic nitrogens is 1. The van der Waals surface area contributed by atoms with E-state index in [2.05, 4.69) is 51.8 Å². The van der Waals surface area contributed by atoms with Crippen molar-refractivity contribution in [3.63, 3.8) is 0 Å². The molecule has 0 aliphatic heterocycles. The molecule has 0 unspecified atom stereocenters. The second-order valence-corrected chi connectivity index (χ2v) is 5.84. The van der Waals surface area contributed by atoms with Crippen molar-refractivity contribution >= 4 is 32.5 Å². The third-order valence-corrected chi connectivity index (χ3v) is 3.94. The van der Waals surface area contributed by atoms with Crippen LogP contribution in [0.5, 0.6) is 5.75 Å². The van der Waals surface area contributed by atoms with Gasteiger partial charge in [-0.05, 0) is 49.9 Å². The van der Waals surface area contributed by atoms with E-state index in [0.29, 0.717) is 6.04 Å². The van der Waals surface area contributed by atoms with Gasteiger partial charge in [-0.25, -0.2) is 4.98 Å². The van der Waals surface area contributed by atoms with E-state index >= 15 is 0 Å². The van der Waals surface area contributed by atoms with Gasteiger partial charge in [-0.3, -0.25) is 0 Å². The minimum atomic E-state index is 0.425. The minimum Gasteiger partial charge on any atom is -0.497 e. The minimum absolute atomic E-state index is 0.425. The maximum absolute atomic E-state index is 5.29. The fourth-order valence-corrected chi connectivity index (χ4v) is 2.59. The van der Waals surface area contributed by atoms with Gasteiger partial charge >= 0.3 is 0 Å². The lowest BCUT2D eigenvalue weighted by molar-refractivity contribution is 0.415. The van der Waals surface area contributed by atoms with Crippen molar-refractivity contribution in [3.05, 3.63) is 30.5 Å². The Balaban J connectivity index is 2.46. The van der Waals surface area contributed by atoms with Crippen molar-refractivity contribution < 1.29 is 4.74 Å². The first kappa shape index (κ1) is 15.1. The molecule has 2 rings (SSSR count). The van der Waals surface area contributed by atoms with E-state index in [-0.39, 0.29) is 0 Å². The maximum atomic E-state index is 5.29. The summed E-state index contributed by atoms with van der Waals surface area (Å²) >= 11 is 3.50. The standard InChI is InChI=1S/C16H21BrN2O/c1-12(2)19(10-4-8-17)16-15-6-5-14(20-3)11-13(15)7-9-18-16/h5-7,9,11-12H,4,8,10H2,1-3H3. The van der Waals surface area contributed by atoms with Crippen LogP contribution < -0.4 is 9.64 Å². The molecule has 4 heteroatoms. The fraction of sp³-hybridized carbons (Fsp3) is 0.438. The smallest absolute Gasteiger partial charge is 0.136 e. The van der Waals surface area contributed by atoms with Gasteiger partial charge in [0.1, 0.15) is 11.6 Å². The Hall–Kier alpha value is -1.29. The molecule has 108 valence electrons. The van der Waals surface area contributed by atoms with E-state index in [9.17, 15) is 0 Å². The third-order valence-electron chi connectivity index (χ3n) is 3.38. The molecule has 1 aromatic heterocycles. The lowest BCUT2D eigenvalue weighted by Crippen LogP contribution is -2.32. The average Bonchev–Trinajstić information content (AvgIpc) is 2.46. The Morgan fingerprint density at radius 2 is 2.10 bits per heavy atom. The van der Waals surface area contributed by atoms with Crippen molar-refractivity contribution in [2.45, 2.75) is 26.3 Å². The van der Waals surface area contributed by atoms with Gasteiger partial charge in [-0.15, -0.1) is 0 Å². The Kier molecular flexibility index (Phi) is 5.24. The van der Waals surface area contributed by atoms with E-state index in [4.69, 9.17) is 4.74 Å². The van der Waals surface area contributed by atoms with E-state index in [1.165, 1.54) is 10.8 Å². The molecule has 0 aliphatic carbocycles. The number of fused-ring (bicyclic) bond motifs is 1. The molecule has 0 amide bonds. The first-order valence-corrected chi connectivity index (χ1v) is 8.05. The highest BCUT2D eigenvalue weighted by Gasteiger charge is 2.14. The molecule has 2 aromatic rings. The maximum Gasteiger partial charge on any atom is 0.136 e. The van der Waals surface area contributed by atoms with Crippen molar-refractivity contribution in [2.75, 3.05) is 23.9 Å². The number of methoxy groups -OCH3 is 1. The van der Waals surface area contributed by atoms with Crippen LogP contribution in [0.2, 0.25) is 0 Å². The summed E-state index contributed by atoms with van der Waals surface area (Å²) in [5, 5.41) is 3.35. The highest BCUT2D eigenvalue weighted by Crippen LogP contribution is 2.28. The molecule has 0 aliphatic rings. The number of benzene rings is 1. The fourth-order valence-electron chi connectivity index (χ4n) is 2.33. The molecule has 1 aromatic carbocycles.